The first-order valence-corrected chi connectivity index (χ1v) is 6.65. The lowest BCUT2D eigenvalue weighted by Crippen LogP contribution is -2.41. The molecule has 0 unspecified atom stereocenters. The van der Waals surface area contributed by atoms with E-state index in [1.165, 1.54) is 37.6 Å². The summed E-state index contributed by atoms with van der Waals surface area (Å²) in [5.74, 6) is -0.579. The van der Waals surface area contributed by atoms with Gasteiger partial charge in [-0.1, -0.05) is 19.3 Å². The Morgan fingerprint density at radius 1 is 1.39 bits per heavy atom. The molecule has 1 aliphatic carbocycles. The average Bonchev–Trinajstić information content (AvgIpc) is 2.41. The van der Waals surface area contributed by atoms with Crippen LogP contribution in [0.1, 0.15) is 49.4 Å². The van der Waals surface area contributed by atoms with Crippen LogP contribution in [-0.4, -0.2) is 28.4 Å². The van der Waals surface area contributed by atoms with Crippen molar-refractivity contribution in [3.05, 3.63) is 29.8 Å². The number of hydrogen-bond donors (Lipinski definition) is 0. The van der Waals surface area contributed by atoms with Crippen molar-refractivity contribution in [1.29, 1.82) is 0 Å². The van der Waals surface area contributed by atoms with Crippen LogP contribution in [0.4, 0.5) is 4.39 Å². The monoisotopic (exact) mass is 250 g/mol. The van der Waals surface area contributed by atoms with Crippen LogP contribution >= 0.6 is 0 Å². The Balaban J connectivity index is 2.11. The number of hydrogen-bond acceptors (Lipinski definition) is 2. The van der Waals surface area contributed by atoms with E-state index in [0.29, 0.717) is 18.2 Å². The third-order valence-corrected chi connectivity index (χ3v) is 3.59. The van der Waals surface area contributed by atoms with Crippen LogP contribution in [0.5, 0.6) is 0 Å². The smallest absolute Gasteiger partial charge is 0.255 e. The second-order valence-electron chi connectivity index (χ2n) is 4.75. The van der Waals surface area contributed by atoms with E-state index in [1.807, 2.05) is 11.8 Å². The van der Waals surface area contributed by atoms with E-state index in [1.54, 1.807) is 0 Å². The highest BCUT2D eigenvalue weighted by molar-refractivity contribution is 5.94. The van der Waals surface area contributed by atoms with Crippen molar-refractivity contribution < 1.29 is 9.18 Å². The number of rotatable bonds is 3. The minimum absolute atomic E-state index is 0.0306. The van der Waals surface area contributed by atoms with Crippen LogP contribution in [0.25, 0.3) is 0 Å². The molecule has 1 amide bonds. The van der Waals surface area contributed by atoms with E-state index < -0.39 is 5.95 Å². The Kier molecular flexibility index (Phi) is 4.28. The predicted octanol–water partition coefficient (Wildman–Crippen LogP) is 3.02. The molecule has 0 aliphatic heterocycles. The van der Waals surface area contributed by atoms with Crippen molar-refractivity contribution in [1.82, 2.24) is 9.88 Å². The molecular formula is C14H19FN2O. The number of carbonyl (C=O) groups excluding carboxylic acids is 1. The Hall–Kier alpha value is -1.45. The van der Waals surface area contributed by atoms with Gasteiger partial charge in [-0.25, -0.2) is 4.98 Å². The lowest BCUT2D eigenvalue weighted by Gasteiger charge is -2.33. The second-order valence-corrected chi connectivity index (χ2v) is 4.75. The zero-order valence-corrected chi connectivity index (χ0v) is 10.7. The van der Waals surface area contributed by atoms with E-state index in [9.17, 15) is 9.18 Å². The van der Waals surface area contributed by atoms with Gasteiger partial charge in [0.05, 0.1) is 5.56 Å². The molecule has 18 heavy (non-hydrogen) atoms. The zero-order valence-electron chi connectivity index (χ0n) is 10.7. The average molecular weight is 250 g/mol. The summed E-state index contributed by atoms with van der Waals surface area (Å²) in [6.07, 6.45) is 7.12. The molecule has 4 heteroatoms. The first-order chi connectivity index (χ1) is 8.72. The van der Waals surface area contributed by atoms with Crippen molar-refractivity contribution in [2.24, 2.45) is 0 Å². The minimum Gasteiger partial charge on any atom is -0.336 e. The van der Waals surface area contributed by atoms with Crippen LogP contribution in [-0.2, 0) is 0 Å². The van der Waals surface area contributed by atoms with Crippen molar-refractivity contribution in [2.45, 2.75) is 45.1 Å². The van der Waals surface area contributed by atoms with Gasteiger partial charge in [0, 0.05) is 18.8 Å². The predicted molar refractivity (Wildman–Crippen MR) is 67.8 cm³/mol. The van der Waals surface area contributed by atoms with Gasteiger partial charge in [0.1, 0.15) is 0 Å². The molecule has 3 nitrogen and oxygen atoms in total. The summed E-state index contributed by atoms with van der Waals surface area (Å²) in [7, 11) is 0. The molecule has 0 radical (unpaired) electrons. The summed E-state index contributed by atoms with van der Waals surface area (Å²) in [6, 6.07) is 3.08. The van der Waals surface area contributed by atoms with E-state index >= 15 is 0 Å². The zero-order chi connectivity index (χ0) is 13.0. The van der Waals surface area contributed by atoms with Gasteiger partial charge in [-0.05, 0) is 31.9 Å². The first kappa shape index (κ1) is 13.0. The maximum atomic E-state index is 12.8. The number of aromatic nitrogens is 1. The van der Waals surface area contributed by atoms with Crippen LogP contribution in [0, 0.1) is 5.95 Å². The third-order valence-electron chi connectivity index (χ3n) is 3.59. The molecule has 0 spiro atoms. The van der Waals surface area contributed by atoms with Gasteiger partial charge in [0.2, 0.25) is 5.95 Å². The molecule has 1 saturated carbocycles. The topological polar surface area (TPSA) is 33.2 Å². The molecule has 0 bridgehead atoms. The van der Waals surface area contributed by atoms with Gasteiger partial charge in [-0.15, -0.1) is 0 Å². The highest BCUT2D eigenvalue weighted by Crippen LogP contribution is 2.23. The van der Waals surface area contributed by atoms with Crippen LogP contribution in [0.2, 0.25) is 0 Å². The van der Waals surface area contributed by atoms with Gasteiger partial charge in [0.25, 0.3) is 5.91 Å². The third kappa shape index (κ3) is 2.86. The molecule has 98 valence electrons. The molecule has 1 heterocycles. The minimum atomic E-state index is -0.549. The van der Waals surface area contributed by atoms with E-state index in [4.69, 9.17) is 0 Å². The lowest BCUT2D eigenvalue weighted by molar-refractivity contribution is 0.0647. The highest BCUT2D eigenvalue weighted by Gasteiger charge is 2.24. The maximum Gasteiger partial charge on any atom is 0.255 e. The van der Waals surface area contributed by atoms with E-state index in [-0.39, 0.29) is 5.91 Å². The fraction of sp³-hybridized carbons (Fsp3) is 0.571. The number of carbonyl (C=O) groups is 1. The summed E-state index contributed by atoms with van der Waals surface area (Å²) >= 11 is 0. The Morgan fingerprint density at radius 2 is 2.11 bits per heavy atom. The summed E-state index contributed by atoms with van der Waals surface area (Å²) in [4.78, 5) is 17.8. The molecule has 0 atom stereocenters. The molecular weight excluding hydrogens is 231 g/mol. The SMILES string of the molecule is CCN(C(=O)c1ccc(F)nc1)C1CCCCC1. The summed E-state index contributed by atoms with van der Waals surface area (Å²) in [5.41, 5.74) is 0.476. The fourth-order valence-electron chi connectivity index (χ4n) is 2.63. The number of amides is 1. The number of halogens is 1. The molecule has 2 rings (SSSR count). The number of nitrogens with zero attached hydrogens (tertiary/aromatic N) is 2. The molecule has 0 saturated heterocycles. The van der Waals surface area contributed by atoms with Gasteiger partial charge in [0.15, 0.2) is 0 Å². The summed E-state index contributed by atoms with van der Waals surface area (Å²) in [6.45, 7) is 2.68. The molecule has 1 fully saturated rings. The van der Waals surface area contributed by atoms with Gasteiger partial charge in [-0.3, -0.25) is 4.79 Å². The lowest BCUT2D eigenvalue weighted by atomic mass is 9.94. The van der Waals surface area contributed by atoms with Gasteiger partial charge >= 0.3 is 0 Å². The Labute approximate surface area is 107 Å². The highest BCUT2D eigenvalue weighted by atomic mass is 19.1. The Morgan fingerprint density at radius 3 is 2.67 bits per heavy atom. The summed E-state index contributed by atoms with van der Waals surface area (Å²) < 4.78 is 12.8. The quantitative estimate of drug-likeness (QED) is 0.773. The van der Waals surface area contributed by atoms with Crippen molar-refractivity contribution in [3.63, 3.8) is 0 Å². The molecule has 0 aromatic carbocycles. The van der Waals surface area contributed by atoms with Crippen LogP contribution < -0.4 is 0 Å². The van der Waals surface area contributed by atoms with Gasteiger partial charge in [-0.2, -0.15) is 4.39 Å². The normalized spacial score (nSPS) is 16.6. The molecule has 1 aromatic rings. The second kappa shape index (κ2) is 5.94. The van der Waals surface area contributed by atoms with Crippen molar-refractivity contribution in [3.8, 4) is 0 Å². The van der Waals surface area contributed by atoms with Crippen LogP contribution in [0.3, 0.4) is 0 Å². The van der Waals surface area contributed by atoms with Crippen LogP contribution in [0.15, 0.2) is 18.3 Å². The standard InChI is InChI=1S/C14H19FN2O/c1-2-17(12-6-4-3-5-7-12)14(18)11-8-9-13(15)16-10-11/h8-10,12H,2-7H2,1H3. The molecule has 1 aromatic heterocycles. The summed E-state index contributed by atoms with van der Waals surface area (Å²) in [5, 5.41) is 0. The Bertz CT molecular complexity index is 399. The first-order valence-electron chi connectivity index (χ1n) is 6.65. The maximum absolute atomic E-state index is 12.8. The molecule has 0 N–H and O–H groups in total. The molecule has 1 aliphatic rings. The van der Waals surface area contributed by atoms with Crippen molar-refractivity contribution in [2.75, 3.05) is 6.54 Å². The van der Waals surface area contributed by atoms with Crippen molar-refractivity contribution >= 4 is 5.91 Å². The van der Waals surface area contributed by atoms with E-state index in [2.05, 4.69) is 4.98 Å². The largest absolute Gasteiger partial charge is 0.336 e. The fourth-order valence-corrected chi connectivity index (χ4v) is 2.63. The number of pyridine rings is 1. The van der Waals surface area contributed by atoms with E-state index in [0.717, 1.165) is 12.8 Å². The van der Waals surface area contributed by atoms with Gasteiger partial charge < -0.3 is 4.90 Å².